The molecule has 0 aliphatic heterocycles. The molecule has 1 saturated carbocycles. The zero-order valence-electron chi connectivity index (χ0n) is 12.9. The van der Waals surface area contributed by atoms with Gasteiger partial charge in [-0.15, -0.1) is 11.3 Å². The molecule has 1 aliphatic carbocycles. The smallest absolute Gasteiger partial charge is 0.306 e. The van der Waals surface area contributed by atoms with Crippen molar-refractivity contribution >= 4 is 22.4 Å². The summed E-state index contributed by atoms with van der Waals surface area (Å²) in [5.41, 5.74) is 0.978. The molecular weight excluding hydrogens is 284 g/mol. The molecule has 0 bridgehead atoms. The van der Waals surface area contributed by atoms with E-state index in [1.807, 2.05) is 12.3 Å². The fourth-order valence-corrected chi connectivity index (χ4v) is 3.62. The molecule has 5 heteroatoms. The first-order valence-electron chi connectivity index (χ1n) is 8.12. The molecule has 0 radical (unpaired) electrons. The molecule has 0 atom stereocenters. The van der Waals surface area contributed by atoms with Gasteiger partial charge in [0.15, 0.2) is 5.13 Å². The van der Waals surface area contributed by atoms with Gasteiger partial charge in [-0.05, 0) is 25.7 Å². The number of anilines is 1. The SMILES string of the molecule is CCOC(=O)CCc1csc(NCCCC2CCCC2)n1. The maximum absolute atomic E-state index is 11.3. The van der Waals surface area contributed by atoms with Crippen LogP contribution in [-0.2, 0) is 16.0 Å². The van der Waals surface area contributed by atoms with E-state index in [1.54, 1.807) is 11.3 Å². The van der Waals surface area contributed by atoms with Gasteiger partial charge in [-0.2, -0.15) is 0 Å². The van der Waals surface area contributed by atoms with Gasteiger partial charge in [-0.25, -0.2) is 4.98 Å². The van der Waals surface area contributed by atoms with Crippen LogP contribution in [0.5, 0.6) is 0 Å². The van der Waals surface area contributed by atoms with Crippen molar-refractivity contribution < 1.29 is 9.53 Å². The van der Waals surface area contributed by atoms with Crippen LogP contribution in [0.2, 0.25) is 0 Å². The van der Waals surface area contributed by atoms with Crippen LogP contribution in [0.15, 0.2) is 5.38 Å². The number of carbonyl (C=O) groups excluding carboxylic acids is 1. The summed E-state index contributed by atoms with van der Waals surface area (Å²) in [6, 6.07) is 0. The molecule has 0 amide bonds. The Morgan fingerprint density at radius 1 is 1.48 bits per heavy atom. The molecule has 118 valence electrons. The second-order valence-corrected chi connectivity index (χ2v) is 6.53. The standard InChI is InChI=1S/C16H26N2O2S/c1-2-20-15(19)10-9-14-12-21-16(18-14)17-11-5-8-13-6-3-4-7-13/h12-13H,2-11H2,1H3,(H,17,18). The lowest BCUT2D eigenvalue weighted by Crippen LogP contribution is -2.06. The van der Waals surface area contributed by atoms with Crippen LogP contribution in [0.25, 0.3) is 0 Å². The molecule has 1 aliphatic rings. The van der Waals surface area contributed by atoms with Gasteiger partial charge < -0.3 is 10.1 Å². The molecule has 0 spiro atoms. The minimum Gasteiger partial charge on any atom is -0.466 e. The largest absolute Gasteiger partial charge is 0.466 e. The van der Waals surface area contributed by atoms with E-state index in [4.69, 9.17) is 4.74 Å². The molecule has 1 aromatic heterocycles. The number of esters is 1. The first kappa shape index (κ1) is 16.3. The van der Waals surface area contributed by atoms with E-state index in [0.29, 0.717) is 19.4 Å². The van der Waals surface area contributed by atoms with Crippen molar-refractivity contribution in [2.24, 2.45) is 5.92 Å². The third kappa shape index (κ3) is 6.04. The maximum atomic E-state index is 11.3. The van der Waals surface area contributed by atoms with Gasteiger partial charge in [0.05, 0.1) is 18.7 Å². The van der Waals surface area contributed by atoms with Crippen molar-refractivity contribution in [3.63, 3.8) is 0 Å². The predicted molar refractivity (Wildman–Crippen MR) is 86.7 cm³/mol. The third-order valence-corrected chi connectivity index (χ3v) is 4.83. The normalized spacial score (nSPS) is 15.3. The predicted octanol–water partition coefficient (Wildman–Crippen LogP) is 4.02. The number of carbonyl (C=O) groups is 1. The van der Waals surface area contributed by atoms with E-state index in [0.717, 1.165) is 23.3 Å². The summed E-state index contributed by atoms with van der Waals surface area (Å²) in [5, 5.41) is 6.39. The van der Waals surface area contributed by atoms with Gasteiger partial charge in [0, 0.05) is 18.3 Å². The quantitative estimate of drug-likeness (QED) is 0.553. The number of thiazole rings is 1. The van der Waals surface area contributed by atoms with Crippen LogP contribution in [0.4, 0.5) is 5.13 Å². The third-order valence-electron chi connectivity index (χ3n) is 3.98. The van der Waals surface area contributed by atoms with E-state index < -0.39 is 0 Å². The lowest BCUT2D eigenvalue weighted by molar-refractivity contribution is -0.143. The molecule has 2 rings (SSSR count). The number of aryl methyl sites for hydroxylation is 1. The Labute approximate surface area is 131 Å². The van der Waals surface area contributed by atoms with Crippen molar-refractivity contribution in [1.29, 1.82) is 0 Å². The van der Waals surface area contributed by atoms with Gasteiger partial charge in [-0.1, -0.05) is 25.7 Å². The minimum absolute atomic E-state index is 0.142. The molecule has 0 saturated heterocycles. The number of rotatable bonds is 9. The molecule has 21 heavy (non-hydrogen) atoms. The summed E-state index contributed by atoms with van der Waals surface area (Å²) in [7, 11) is 0. The second kappa shape index (κ2) is 9.03. The van der Waals surface area contributed by atoms with Crippen LogP contribution < -0.4 is 5.32 Å². The average molecular weight is 310 g/mol. The minimum atomic E-state index is -0.142. The molecule has 0 unspecified atom stereocenters. The Kier molecular flexibility index (Phi) is 7.00. The van der Waals surface area contributed by atoms with Crippen LogP contribution >= 0.6 is 11.3 Å². The maximum Gasteiger partial charge on any atom is 0.306 e. The van der Waals surface area contributed by atoms with E-state index >= 15 is 0 Å². The first-order chi connectivity index (χ1) is 10.3. The number of nitrogens with zero attached hydrogens (tertiary/aromatic N) is 1. The summed E-state index contributed by atoms with van der Waals surface area (Å²) in [6.45, 7) is 3.28. The van der Waals surface area contributed by atoms with Crippen LogP contribution in [0.1, 0.15) is 57.6 Å². The number of nitrogens with one attached hydrogen (secondary N) is 1. The molecular formula is C16H26N2O2S. The molecule has 1 heterocycles. The first-order valence-corrected chi connectivity index (χ1v) is 8.99. The van der Waals surface area contributed by atoms with Crippen molar-refractivity contribution in [3.8, 4) is 0 Å². The Hall–Kier alpha value is -1.10. The highest BCUT2D eigenvalue weighted by molar-refractivity contribution is 7.13. The summed E-state index contributed by atoms with van der Waals surface area (Å²) in [5.74, 6) is 0.819. The van der Waals surface area contributed by atoms with E-state index in [-0.39, 0.29) is 5.97 Å². The van der Waals surface area contributed by atoms with Crippen molar-refractivity contribution in [1.82, 2.24) is 4.98 Å². The highest BCUT2D eigenvalue weighted by Gasteiger charge is 2.14. The topological polar surface area (TPSA) is 51.2 Å². The fraction of sp³-hybridized carbons (Fsp3) is 0.750. The Morgan fingerprint density at radius 3 is 3.05 bits per heavy atom. The highest BCUT2D eigenvalue weighted by atomic mass is 32.1. The summed E-state index contributed by atoms with van der Waals surface area (Å²) in [6.07, 6.45) is 9.35. The van der Waals surface area contributed by atoms with Crippen molar-refractivity contribution in [3.05, 3.63) is 11.1 Å². The Bertz CT molecular complexity index is 428. The lowest BCUT2D eigenvalue weighted by atomic mass is 10.0. The van der Waals surface area contributed by atoms with E-state index in [2.05, 4.69) is 10.3 Å². The zero-order valence-corrected chi connectivity index (χ0v) is 13.7. The Balaban J connectivity index is 1.59. The van der Waals surface area contributed by atoms with Crippen LogP contribution in [0, 0.1) is 5.92 Å². The molecule has 4 nitrogen and oxygen atoms in total. The number of aromatic nitrogens is 1. The highest BCUT2D eigenvalue weighted by Crippen LogP contribution is 2.28. The number of hydrogen-bond donors (Lipinski definition) is 1. The zero-order chi connectivity index (χ0) is 14.9. The van der Waals surface area contributed by atoms with Crippen molar-refractivity contribution in [2.75, 3.05) is 18.5 Å². The second-order valence-electron chi connectivity index (χ2n) is 5.67. The Morgan fingerprint density at radius 2 is 2.29 bits per heavy atom. The number of hydrogen-bond acceptors (Lipinski definition) is 5. The van der Waals surface area contributed by atoms with Gasteiger partial charge in [0.2, 0.25) is 0 Å². The lowest BCUT2D eigenvalue weighted by Gasteiger charge is -2.08. The van der Waals surface area contributed by atoms with E-state index in [9.17, 15) is 4.79 Å². The summed E-state index contributed by atoms with van der Waals surface area (Å²) >= 11 is 1.62. The van der Waals surface area contributed by atoms with Gasteiger partial charge >= 0.3 is 5.97 Å². The number of ether oxygens (including phenoxy) is 1. The molecule has 1 fully saturated rings. The van der Waals surface area contributed by atoms with Crippen molar-refractivity contribution in [2.45, 2.75) is 58.3 Å². The average Bonchev–Trinajstić information content (AvgIpc) is 3.13. The summed E-state index contributed by atoms with van der Waals surface area (Å²) < 4.78 is 4.92. The fourth-order valence-electron chi connectivity index (χ4n) is 2.85. The van der Waals surface area contributed by atoms with Gasteiger partial charge in [0.25, 0.3) is 0 Å². The van der Waals surface area contributed by atoms with Gasteiger partial charge in [-0.3, -0.25) is 4.79 Å². The molecule has 1 N–H and O–H groups in total. The monoisotopic (exact) mass is 310 g/mol. The van der Waals surface area contributed by atoms with Crippen LogP contribution in [-0.4, -0.2) is 24.1 Å². The molecule has 0 aromatic carbocycles. The van der Waals surface area contributed by atoms with E-state index in [1.165, 1.54) is 38.5 Å². The van der Waals surface area contributed by atoms with Gasteiger partial charge in [0.1, 0.15) is 0 Å². The van der Waals surface area contributed by atoms with Crippen LogP contribution in [0.3, 0.4) is 0 Å². The molecule has 1 aromatic rings. The summed E-state index contributed by atoms with van der Waals surface area (Å²) in [4.78, 5) is 15.8.